The number of hydrogen-bond acceptors (Lipinski definition) is 3. The molecule has 20 heavy (non-hydrogen) atoms. The molecule has 0 aliphatic carbocycles. The van der Waals surface area contributed by atoms with Crippen molar-refractivity contribution in [1.82, 2.24) is 0 Å². The van der Waals surface area contributed by atoms with Gasteiger partial charge in [-0.25, -0.2) is 0 Å². The van der Waals surface area contributed by atoms with Gasteiger partial charge in [0.2, 0.25) is 0 Å². The molecule has 2 aromatic rings. The van der Waals surface area contributed by atoms with Crippen molar-refractivity contribution in [3.05, 3.63) is 69.7 Å². The Morgan fingerprint density at radius 3 is 2.40 bits per heavy atom. The van der Waals surface area contributed by atoms with Gasteiger partial charge in [-0.3, -0.25) is 4.79 Å². The van der Waals surface area contributed by atoms with Crippen LogP contribution in [0.15, 0.2) is 48.5 Å². The lowest BCUT2D eigenvalue weighted by molar-refractivity contribution is 0.104. The van der Waals surface area contributed by atoms with E-state index in [1.807, 2.05) is 0 Å². The Balaban J connectivity index is 2.35. The van der Waals surface area contributed by atoms with Crippen molar-refractivity contribution in [2.45, 2.75) is 0 Å². The summed E-state index contributed by atoms with van der Waals surface area (Å²) in [5.41, 5.74) is 0.393. The summed E-state index contributed by atoms with van der Waals surface area (Å²) in [6.45, 7) is 0. The standard InChI is InChI=1S/C15H10Cl2O3/c16-9-5-6-11(13(18)7-9)15(20)8-14(19)10-3-1-2-4-12(10)17/h1-8,18,20H. The predicted octanol–water partition coefficient (Wildman–Crippen LogP) is 4.48. The van der Waals surface area contributed by atoms with Gasteiger partial charge in [-0.15, -0.1) is 0 Å². The summed E-state index contributed by atoms with van der Waals surface area (Å²) in [6, 6.07) is 10.7. The number of aromatic hydroxyl groups is 1. The Kier molecular flexibility index (Phi) is 4.32. The number of aliphatic hydroxyl groups is 1. The third-order valence-electron chi connectivity index (χ3n) is 2.64. The molecule has 0 fully saturated rings. The van der Waals surface area contributed by atoms with Crippen LogP contribution in [0.25, 0.3) is 5.76 Å². The molecule has 2 aromatic carbocycles. The number of phenols is 1. The maximum absolute atomic E-state index is 12.0. The molecule has 2 rings (SSSR count). The Hall–Kier alpha value is -1.97. The molecule has 0 heterocycles. The van der Waals surface area contributed by atoms with Crippen molar-refractivity contribution in [1.29, 1.82) is 0 Å². The van der Waals surface area contributed by atoms with Gasteiger partial charge in [-0.2, -0.15) is 0 Å². The third kappa shape index (κ3) is 3.13. The van der Waals surface area contributed by atoms with Crippen molar-refractivity contribution < 1.29 is 15.0 Å². The molecule has 0 radical (unpaired) electrons. The van der Waals surface area contributed by atoms with Crippen molar-refractivity contribution in [2.24, 2.45) is 0 Å². The van der Waals surface area contributed by atoms with Crippen LogP contribution < -0.4 is 0 Å². The number of halogens is 2. The van der Waals surface area contributed by atoms with Gasteiger partial charge in [0.05, 0.1) is 10.6 Å². The van der Waals surface area contributed by atoms with Gasteiger partial charge >= 0.3 is 0 Å². The lowest BCUT2D eigenvalue weighted by atomic mass is 10.1. The number of hydrogen-bond donors (Lipinski definition) is 2. The van der Waals surface area contributed by atoms with E-state index in [1.165, 1.54) is 18.2 Å². The van der Waals surface area contributed by atoms with E-state index in [0.717, 1.165) is 6.08 Å². The van der Waals surface area contributed by atoms with Gasteiger partial charge in [0.25, 0.3) is 0 Å². The highest BCUT2D eigenvalue weighted by Crippen LogP contribution is 2.27. The lowest BCUT2D eigenvalue weighted by Gasteiger charge is -2.04. The molecule has 0 atom stereocenters. The van der Waals surface area contributed by atoms with Crippen LogP contribution in [0.3, 0.4) is 0 Å². The number of carbonyl (C=O) groups excluding carboxylic acids is 1. The summed E-state index contributed by atoms with van der Waals surface area (Å²) >= 11 is 11.6. The number of benzene rings is 2. The Morgan fingerprint density at radius 2 is 1.75 bits per heavy atom. The molecule has 3 nitrogen and oxygen atoms in total. The number of ketones is 1. The highest BCUT2D eigenvalue weighted by molar-refractivity contribution is 6.34. The van der Waals surface area contributed by atoms with Crippen LogP contribution in [0.1, 0.15) is 15.9 Å². The first-order chi connectivity index (χ1) is 9.49. The van der Waals surface area contributed by atoms with Gasteiger partial charge in [0.1, 0.15) is 11.5 Å². The monoisotopic (exact) mass is 308 g/mol. The van der Waals surface area contributed by atoms with E-state index in [0.29, 0.717) is 10.0 Å². The molecule has 0 aromatic heterocycles. The van der Waals surface area contributed by atoms with E-state index in [1.54, 1.807) is 24.3 Å². The molecule has 0 aliphatic heterocycles. The van der Waals surface area contributed by atoms with Crippen LogP contribution in [-0.4, -0.2) is 16.0 Å². The average molecular weight is 309 g/mol. The van der Waals surface area contributed by atoms with E-state index >= 15 is 0 Å². The minimum absolute atomic E-state index is 0.120. The van der Waals surface area contributed by atoms with Crippen molar-refractivity contribution in [3.63, 3.8) is 0 Å². The summed E-state index contributed by atoms with van der Waals surface area (Å²) < 4.78 is 0. The second-order valence-electron chi connectivity index (χ2n) is 4.04. The van der Waals surface area contributed by atoms with Crippen molar-refractivity contribution in [2.75, 3.05) is 0 Å². The zero-order chi connectivity index (χ0) is 14.7. The quantitative estimate of drug-likeness (QED) is 0.499. The van der Waals surface area contributed by atoms with Gasteiger partial charge in [0.15, 0.2) is 5.78 Å². The SMILES string of the molecule is O=C(C=C(O)c1ccc(Cl)cc1O)c1ccccc1Cl. The molecule has 0 unspecified atom stereocenters. The first-order valence-corrected chi connectivity index (χ1v) is 6.43. The van der Waals surface area contributed by atoms with Gasteiger partial charge in [0, 0.05) is 16.7 Å². The maximum Gasteiger partial charge on any atom is 0.191 e. The number of allylic oxidation sites excluding steroid dienone is 1. The van der Waals surface area contributed by atoms with Gasteiger partial charge in [-0.1, -0.05) is 35.3 Å². The molecule has 0 saturated heterocycles. The predicted molar refractivity (Wildman–Crippen MR) is 79.5 cm³/mol. The Morgan fingerprint density at radius 1 is 1.05 bits per heavy atom. The van der Waals surface area contributed by atoms with Crippen LogP contribution in [0.5, 0.6) is 5.75 Å². The third-order valence-corrected chi connectivity index (χ3v) is 3.21. The van der Waals surface area contributed by atoms with Gasteiger partial charge < -0.3 is 10.2 Å². The molecule has 5 heteroatoms. The van der Waals surface area contributed by atoms with Crippen LogP contribution in [-0.2, 0) is 0 Å². The van der Waals surface area contributed by atoms with E-state index in [2.05, 4.69) is 0 Å². The Labute approximate surface area is 125 Å². The molecule has 0 saturated carbocycles. The molecular weight excluding hydrogens is 299 g/mol. The second-order valence-corrected chi connectivity index (χ2v) is 4.88. The Bertz CT molecular complexity index is 693. The van der Waals surface area contributed by atoms with Crippen LogP contribution >= 0.6 is 23.2 Å². The summed E-state index contributed by atoms with van der Waals surface area (Å²) in [6.07, 6.45) is 1.00. The smallest absolute Gasteiger partial charge is 0.191 e. The number of carbonyl (C=O) groups is 1. The fourth-order valence-corrected chi connectivity index (χ4v) is 2.06. The first-order valence-electron chi connectivity index (χ1n) is 5.67. The molecule has 0 amide bonds. The maximum atomic E-state index is 12.0. The largest absolute Gasteiger partial charge is 0.507 e. The van der Waals surface area contributed by atoms with Crippen molar-refractivity contribution in [3.8, 4) is 5.75 Å². The van der Waals surface area contributed by atoms with E-state index < -0.39 is 5.78 Å². The average Bonchev–Trinajstić information content (AvgIpc) is 2.38. The van der Waals surface area contributed by atoms with E-state index in [9.17, 15) is 15.0 Å². The zero-order valence-electron chi connectivity index (χ0n) is 10.2. The highest BCUT2D eigenvalue weighted by Gasteiger charge is 2.12. The lowest BCUT2D eigenvalue weighted by Crippen LogP contribution is -1.97. The molecular formula is C15H10Cl2O3. The fourth-order valence-electron chi connectivity index (χ4n) is 1.66. The number of rotatable bonds is 3. The molecule has 0 bridgehead atoms. The molecule has 0 aliphatic rings. The summed E-state index contributed by atoms with van der Waals surface area (Å²) in [7, 11) is 0. The summed E-state index contributed by atoms with van der Waals surface area (Å²) in [4.78, 5) is 12.0. The highest BCUT2D eigenvalue weighted by atomic mass is 35.5. The molecule has 2 N–H and O–H groups in total. The number of aliphatic hydroxyl groups excluding tert-OH is 1. The van der Waals surface area contributed by atoms with E-state index in [4.69, 9.17) is 23.2 Å². The summed E-state index contributed by atoms with van der Waals surface area (Å²) in [5, 5.41) is 20.2. The molecule has 102 valence electrons. The van der Waals surface area contributed by atoms with Crippen LogP contribution in [0, 0.1) is 0 Å². The second kappa shape index (κ2) is 5.99. The zero-order valence-corrected chi connectivity index (χ0v) is 11.7. The number of phenolic OH excluding ortho intramolecular Hbond substituents is 1. The molecule has 0 spiro atoms. The van der Waals surface area contributed by atoms with Crippen LogP contribution in [0.4, 0.5) is 0 Å². The fraction of sp³-hybridized carbons (Fsp3) is 0. The van der Waals surface area contributed by atoms with E-state index in [-0.39, 0.29) is 22.6 Å². The topological polar surface area (TPSA) is 57.5 Å². The van der Waals surface area contributed by atoms with Crippen molar-refractivity contribution >= 4 is 34.7 Å². The van der Waals surface area contributed by atoms with Gasteiger partial charge in [-0.05, 0) is 30.3 Å². The first kappa shape index (κ1) is 14.4. The summed E-state index contributed by atoms with van der Waals surface area (Å²) in [5.74, 6) is -1.02. The minimum atomic E-state index is -0.456. The van der Waals surface area contributed by atoms with Crippen LogP contribution in [0.2, 0.25) is 10.0 Å². The minimum Gasteiger partial charge on any atom is -0.507 e. The normalized spacial score (nSPS) is 11.4.